The zero-order chi connectivity index (χ0) is 14.9. The highest BCUT2D eigenvalue weighted by Crippen LogP contribution is 2.38. The van der Waals surface area contributed by atoms with Crippen molar-refractivity contribution < 1.29 is 9.59 Å². The van der Waals surface area contributed by atoms with E-state index in [0.717, 1.165) is 12.1 Å². The van der Waals surface area contributed by atoms with Crippen LogP contribution >= 0.6 is 0 Å². The van der Waals surface area contributed by atoms with Crippen LogP contribution in [0.1, 0.15) is 44.5 Å². The van der Waals surface area contributed by atoms with Crippen molar-refractivity contribution in [3.05, 3.63) is 29.8 Å². The molecule has 1 fully saturated rings. The van der Waals surface area contributed by atoms with Crippen molar-refractivity contribution in [2.45, 2.75) is 39.7 Å². The van der Waals surface area contributed by atoms with Gasteiger partial charge in [-0.1, -0.05) is 6.92 Å². The minimum atomic E-state index is -0.258. The van der Waals surface area contributed by atoms with Gasteiger partial charge in [0, 0.05) is 22.7 Å². The SMILES string of the molecule is C[C@H]1C[C@H]1C(=O)Nc1ccc(C(=O)NC(C)(C)C)cc1. The molecular weight excluding hydrogens is 252 g/mol. The molecule has 4 heteroatoms. The Kier molecular flexibility index (Phi) is 3.84. The lowest BCUT2D eigenvalue weighted by molar-refractivity contribution is -0.117. The van der Waals surface area contributed by atoms with Gasteiger partial charge in [0.15, 0.2) is 0 Å². The molecule has 0 bridgehead atoms. The minimum absolute atomic E-state index is 0.0735. The summed E-state index contributed by atoms with van der Waals surface area (Å²) in [6.07, 6.45) is 0.970. The van der Waals surface area contributed by atoms with Gasteiger partial charge in [0.2, 0.25) is 5.91 Å². The second-order valence-electron chi connectivity index (χ2n) is 6.59. The quantitative estimate of drug-likeness (QED) is 0.890. The van der Waals surface area contributed by atoms with Crippen LogP contribution in [-0.4, -0.2) is 17.4 Å². The molecule has 4 nitrogen and oxygen atoms in total. The molecule has 0 saturated heterocycles. The van der Waals surface area contributed by atoms with Gasteiger partial charge in [0.25, 0.3) is 5.91 Å². The van der Waals surface area contributed by atoms with E-state index in [4.69, 9.17) is 0 Å². The van der Waals surface area contributed by atoms with E-state index in [2.05, 4.69) is 17.6 Å². The normalized spacial score (nSPS) is 21.2. The van der Waals surface area contributed by atoms with Crippen LogP contribution in [0.3, 0.4) is 0 Å². The molecule has 20 heavy (non-hydrogen) atoms. The van der Waals surface area contributed by atoms with E-state index in [9.17, 15) is 9.59 Å². The van der Waals surface area contributed by atoms with Crippen LogP contribution in [0.4, 0.5) is 5.69 Å². The Morgan fingerprint density at radius 1 is 1.15 bits per heavy atom. The summed E-state index contributed by atoms with van der Waals surface area (Å²) in [5.41, 5.74) is 1.07. The monoisotopic (exact) mass is 274 g/mol. The maximum Gasteiger partial charge on any atom is 0.251 e. The molecule has 1 aromatic rings. The number of anilines is 1. The Hall–Kier alpha value is -1.84. The van der Waals surface area contributed by atoms with Crippen molar-refractivity contribution in [2.75, 3.05) is 5.32 Å². The summed E-state index contributed by atoms with van der Waals surface area (Å²) in [7, 11) is 0. The van der Waals surface area contributed by atoms with Crippen LogP contribution in [0.5, 0.6) is 0 Å². The minimum Gasteiger partial charge on any atom is -0.347 e. The third-order valence-corrected chi connectivity index (χ3v) is 3.35. The Morgan fingerprint density at radius 2 is 1.70 bits per heavy atom. The number of carbonyl (C=O) groups is 2. The van der Waals surface area contributed by atoms with Gasteiger partial charge in [-0.3, -0.25) is 9.59 Å². The second-order valence-corrected chi connectivity index (χ2v) is 6.59. The molecule has 0 aromatic heterocycles. The third kappa shape index (κ3) is 3.83. The van der Waals surface area contributed by atoms with Crippen molar-refractivity contribution >= 4 is 17.5 Å². The van der Waals surface area contributed by atoms with Crippen LogP contribution in [0, 0.1) is 11.8 Å². The Bertz CT molecular complexity index is 514. The lowest BCUT2D eigenvalue weighted by Crippen LogP contribution is -2.40. The van der Waals surface area contributed by atoms with Gasteiger partial charge in [-0.25, -0.2) is 0 Å². The Balaban J connectivity index is 1.96. The van der Waals surface area contributed by atoms with Crippen molar-refractivity contribution in [1.29, 1.82) is 0 Å². The van der Waals surface area contributed by atoms with Gasteiger partial charge >= 0.3 is 0 Å². The van der Waals surface area contributed by atoms with Crippen molar-refractivity contribution in [3.8, 4) is 0 Å². The summed E-state index contributed by atoms with van der Waals surface area (Å²) in [6.45, 7) is 7.90. The smallest absolute Gasteiger partial charge is 0.251 e. The van der Waals surface area contributed by atoms with E-state index in [1.54, 1.807) is 24.3 Å². The topological polar surface area (TPSA) is 58.2 Å². The lowest BCUT2D eigenvalue weighted by atomic mass is 10.1. The highest BCUT2D eigenvalue weighted by molar-refractivity contribution is 5.97. The first-order valence-corrected chi connectivity index (χ1v) is 7.00. The average molecular weight is 274 g/mol. The molecule has 0 spiro atoms. The van der Waals surface area contributed by atoms with Crippen LogP contribution in [-0.2, 0) is 4.79 Å². The molecule has 2 N–H and O–H groups in total. The molecule has 108 valence electrons. The summed E-state index contributed by atoms with van der Waals surface area (Å²) in [6, 6.07) is 6.99. The van der Waals surface area contributed by atoms with E-state index in [1.807, 2.05) is 20.8 Å². The van der Waals surface area contributed by atoms with Gasteiger partial charge in [0.05, 0.1) is 0 Å². The summed E-state index contributed by atoms with van der Waals surface area (Å²) < 4.78 is 0. The summed E-state index contributed by atoms with van der Waals surface area (Å²) in [5, 5.41) is 5.78. The molecule has 0 aliphatic heterocycles. The van der Waals surface area contributed by atoms with Crippen molar-refractivity contribution in [2.24, 2.45) is 11.8 Å². The van der Waals surface area contributed by atoms with Gasteiger partial charge in [-0.15, -0.1) is 0 Å². The fourth-order valence-corrected chi connectivity index (χ4v) is 2.04. The van der Waals surface area contributed by atoms with E-state index in [-0.39, 0.29) is 23.3 Å². The molecule has 2 rings (SSSR count). The molecule has 0 radical (unpaired) electrons. The number of carbonyl (C=O) groups excluding carboxylic acids is 2. The van der Waals surface area contributed by atoms with E-state index in [0.29, 0.717) is 11.5 Å². The van der Waals surface area contributed by atoms with Gasteiger partial charge in [-0.05, 0) is 57.4 Å². The van der Waals surface area contributed by atoms with Gasteiger partial charge in [-0.2, -0.15) is 0 Å². The largest absolute Gasteiger partial charge is 0.347 e. The fraction of sp³-hybridized carbons (Fsp3) is 0.500. The molecule has 0 heterocycles. The predicted octanol–water partition coefficient (Wildman–Crippen LogP) is 2.81. The van der Waals surface area contributed by atoms with Crippen LogP contribution in [0.15, 0.2) is 24.3 Å². The number of hydrogen-bond donors (Lipinski definition) is 2. The van der Waals surface area contributed by atoms with Crippen molar-refractivity contribution in [1.82, 2.24) is 5.32 Å². The lowest BCUT2D eigenvalue weighted by Gasteiger charge is -2.20. The zero-order valence-corrected chi connectivity index (χ0v) is 12.5. The fourth-order valence-electron chi connectivity index (χ4n) is 2.04. The Morgan fingerprint density at radius 3 is 2.15 bits per heavy atom. The van der Waals surface area contributed by atoms with E-state index >= 15 is 0 Å². The number of rotatable bonds is 3. The number of hydrogen-bond acceptors (Lipinski definition) is 2. The predicted molar refractivity (Wildman–Crippen MR) is 79.6 cm³/mol. The third-order valence-electron chi connectivity index (χ3n) is 3.35. The van der Waals surface area contributed by atoms with E-state index < -0.39 is 0 Å². The molecule has 0 unspecified atom stereocenters. The molecular formula is C16H22N2O2. The van der Waals surface area contributed by atoms with Gasteiger partial charge < -0.3 is 10.6 Å². The van der Waals surface area contributed by atoms with Gasteiger partial charge in [0.1, 0.15) is 0 Å². The first kappa shape index (κ1) is 14.6. The first-order chi connectivity index (χ1) is 9.26. The maximum absolute atomic E-state index is 12.0. The molecule has 1 saturated carbocycles. The van der Waals surface area contributed by atoms with Crippen LogP contribution < -0.4 is 10.6 Å². The number of benzene rings is 1. The summed E-state index contributed by atoms with van der Waals surface area (Å²) in [4.78, 5) is 23.8. The standard InChI is InChI=1S/C16H22N2O2/c1-10-9-13(10)15(20)17-12-7-5-11(6-8-12)14(19)18-16(2,3)4/h5-8,10,13H,9H2,1-4H3,(H,17,20)(H,18,19)/t10-,13+/m0/s1. The summed E-state index contributed by atoms with van der Waals surface area (Å²) in [5.74, 6) is 0.612. The maximum atomic E-state index is 12.0. The van der Waals surface area contributed by atoms with Crippen LogP contribution in [0.2, 0.25) is 0 Å². The highest BCUT2D eigenvalue weighted by Gasteiger charge is 2.39. The highest BCUT2D eigenvalue weighted by atomic mass is 16.2. The van der Waals surface area contributed by atoms with E-state index in [1.165, 1.54) is 0 Å². The summed E-state index contributed by atoms with van der Waals surface area (Å²) >= 11 is 0. The molecule has 1 aliphatic rings. The molecule has 2 amide bonds. The average Bonchev–Trinajstić information content (AvgIpc) is 3.05. The first-order valence-electron chi connectivity index (χ1n) is 7.00. The molecule has 2 atom stereocenters. The number of amides is 2. The Labute approximate surface area is 119 Å². The molecule has 1 aromatic carbocycles. The second kappa shape index (κ2) is 5.27. The van der Waals surface area contributed by atoms with Crippen molar-refractivity contribution in [3.63, 3.8) is 0 Å². The number of nitrogens with one attached hydrogen (secondary N) is 2. The zero-order valence-electron chi connectivity index (χ0n) is 12.5. The van der Waals surface area contributed by atoms with Crippen LogP contribution in [0.25, 0.3) is 0 Å². The molecule has 1 aliphatic carbocycles.